The van der Waals surface area contributed by atoms with Crippen molar-refractivity contribution in [2.75, 3.05) is 13.1 Å². The molecule has 0 saturated carbocycles. The van der Waals surface area contributed by atoms with E-state index >= 15 is 0 Å². The molecule has 1 aromatic rings. The molecule has 0 aromatic heterocycles. The summed E-state index contributed by atoms with van der Waals surface area (Å²) in [5, 5.41) is 11.3. The van der Waals surface area contributed by atoms with Crippen LogP contribution < -0.4 is 15.8 Å². The lowest BCUT2D eigenvalue weighted by molar-refractivity contribution is -0.122. The summed E-state index contributed by atoms with van der Waals surface area (Å²) in [5.41, 5.74) is 0.845. The second-order valence-corrected chi connectivity index (χ2v) is 7.81. The number of piperidine rings is 1. The summed E-state index contributed by atoms with van der Waals surface area (Å²) in [7, 11) is -3.67. The zero-order valence-electron chi connectivity index (χ0n) is 13.4. The van der Waals surface area contributed by atoms with Crippen molar-refractivity contribution in [3.05, 3.63) is 29.8 Å². The van der Waals surface area contributed by atoms with Crippen molar-refractivity contribution < 1.29 is 13.2 Å². The second-order valence-electron chi connectivity index (χ2n) is 6.25. The number of benzene rings is 1. The Morgan fingerprint density at radius 2 is 2.09 bits per heavy atom. The summed E-state index contributed by atoms with van der Waals surface area (Å²) in [6, 6.07) is 6.23. The van der Waals surface area contributed by atoms with Gasteiger partial charge in [-0.05, 0) is 55.5 Å². The molecule has 1 saturated heterocycles. The lowest BCUT2D eigenvalue weighted by Gasteiger charge is -2.28. The van der Waals surface area contributed by atoms with E-state index in [2.05, 4.69) is 17.6 Å². The number of hydrogen-bond donors (Lipinski definition) is 3. The van der Waals surface area contributed by atoms with Gasteiger partial charge in [-0.25, -0.2) is 13.6 Å². The van der Waals surface area contributed by atoms with Gasteiger partial charge in [0.05, 0.1) is 4.90 Å². The number of hydrogen-bond acceptors (Lipinski definition) is 4. The fourth-order valence-corrected chi connectivity index (χ4v) is 3.41. The Balaban J connectivity index is 1.79. The van der Waals surface area contributed by atoms with Gasteiger partial charge in [-0.3, -0.25) is 4.79 Å². The standard InChI is InChI=1S/C16H25N3O3S/c1-12(14-3-2-8-18-11-14)9-16(20)19-10-13-4-6-15(7-5-13)23(17,21)22/h4-7,12,14,18H,2-3,8-11H2,1H3,(H,19,20)(H2,17,21,22). The largest absolute Gasteiger partial charge is 0.352 e. The van der Waals surface area contributed by atoms with Gasteiger partial charge in [0, 0.05) is 13.0 Å². The van der Waals surface area contributed by atoms with E-state index in [1.54, 1.807) is 12.1 Å². The molecule has 0 aliphatic carbocycles. The van der Waals surface area contributed by atoms with Gasteiger partial charge in [-0.15, -0.1) is 0 Å². The lowest BCUT2D eigenvalue weighted by Crippen LogP contribution is -2.35. The molecule has 1 aliphatic rings. The van der Waals surface area contributed by atoms with E-state index in [0.717, 1.165) is 18.7 Å². The highest BCUT2D eigenvalue weighted by Gasteiger charge is 2.21. The molecule has 7 heteroatoms. The van der Waals surface area contributed by atoms with Crippen molar-refractivity contribution in [3.8, 4) is 0 Å². The predicted molar refractivity (Wildman–Crippen MR) is 89.0 cm³/mol. The SMILES string of the molecule is CC(CC(=O)NCc1ccc(S(N)(=O)=O)cc1)C1CCCNC1. The summed E-state index contributed by atoms with van der Waals surface area (Å²) in [6.07, 6.45) is 2.87. The van der Waals surface area contributed by atoms with Crippen molar-refractivity contribution in [2.24, 2.45) is 17.0 Å². The summed E-state index contributed by atoms with van der Waals surface area (Å²) in [6.45, 7) is 4.57. The van der Waals surface area contributed by atoms with Crippen molar-refractivity contribution in [3.63, 3.8) is 0 Å². The lowest BCUT2D eigenvalue weighted by atomic mass is 9.85. The van der Waals surface area contributed by atoms with Gasteiger partial charge in [0.15, 0.2) is 0 Å². The fourth-order valence-electron chi connectivity index (χ4n) is 2.89. The van der Waals surface area contributed by atoms with Gasteiger partial charge >= 0.3 is 0 Å². The van der Waals surface area contributed by atoms with Gasteiger partial charge in [0.2, 0.25) is 15.9 Å². The molecule has 0 bridgehead atoms. The van der Waals surface area contributed by atoms with E-state index in [4.69, 9.17) is 5.14 Å². The molecule has 1 heterocycles. The minimum Gasteiger partial charge on any atom is -0.352 e. The third-order valence-electron chi connectivity index (χ3n) is 4.39. The van der Waals surface area contributed by atoms with Gasteiger partial charge in [-0.2, -0.15) is 0 Å². The molecule has 2 unspecified atom stereocenters. The van der Waals surface area contributed by atoms with Crippen LogP contribution in [0.1, 0.15) is 31.7 Å². The molecular formula is C16H25N3O3S. The number of sulfonamides is 1. The second kappa shape index (κ2) is 7.90. The fraction of sp³-hybridized carbons (Fsp3) is 0.562. The highest BCUT2D eigenvalue weighted by molar-refractivity contribution is 7.89. The third-order valence-corrected chi connectivity index (χ3v) is 5.32. The highest BCUT2D eigenvalue weighted by atomic mass is 32.2. The molecular weight excluding hydrogens is 314 g/mol. The van der Waals surface area contributed by atoms with Crippen LogP contribution in [0.3, 0.4) is 0 Å². The average Bonchev–Trinajstić information content (AvgIpc) is 2.53. The number of carbonyl (C=O) groups is 1. The van der Waals surface area contributed by atoms with Crippen LogP contribution in [-0.4, -0.2) is 27.4 Å². The van der Waals surface area contributed by atoms with E-state index in [1.165, 1.54) is 25.0 Å². The van der Waals surface area contributed by atoms with Crippen LogP contribution in [0.2, 0.25) is 0 Å². The molecule has 1 amide bonds. The minimum absolute atomic E-state index is 0.0265. The van der Waals surface area contributed by atoms with Crippen LogP contribution in [0.25, 0.3) is 0 Å². The minimum atomic E-state index is -3.67. The van der Waals surface area contributed by atoms with Crippen LogP contribution in [0.4, 0.5) is 0 Å². The molecule has 0 radical (unpaired) electrons. The molecule has 0 spiro atoms. The average molecular weight is 339 g/mol. The number of nitrogens with two attached hydrogens (primary N) is 1. The highest BCUT2D eigenvalue weighted by Crippen LogP contribution is 2.22. The van der Waals surface area contributed by atoms with Crippen LogP contribution in [-0.2, 0) is 21.4 Å². The van der Waals surface area contributed by atoms with E-state index in [0.29, 0.717) is 24.8 Å². The Kier molecular flexibility index (Phi) is 6.15. The number of nitrogens with one attached hydrogen (secondary N) is 2. The van der Waals surface area contributed by atoms with Crippen LogP contribution in [0.5, 0.6) is 0 Å². The predicted octanol–water partition coefficient (Wildman–Crippen LogP) is 0.976. The zero-order valence-corrected chi connectivity index (χ0v) is 14.2. The molecule has 6 nitrogen and oxygen atoms in total. The topological polar surface area (TPSA) is 101 Å². The van der Waals surface area contributed by atoms with Crippen LogP contribution in [0, 0.1) is 11.8 Å². The third kappa shape index (κ3) is 5.60. The Morgan fingerprint density at radius 1 is 1.39 bits per heavy atom. The van der Waals surface area contributed by atoms with Gasteiger partial charge in [0.1, 0.15) is 0 Å². The van der Waals surface area contributed by atoms with E-state index in [1.807, 2.05) is 0 Å². The Morgan fingerprint density at radius 3 is 2.65 bits per heavy atom. The first-order valence-electron chi connectivity index (χ1n) is 7.95. The Bertz CT molecular complexity index is 622. The van der Waals surface area contributed by atoms with Gasteiger partial charge in [0.25, 0.3) is 0 Å². The van der Waals surface area contributed by atoms with E-state index in [9.17, 15) is 13.2 Å². The first-order valence-corrected chi connectivity index (χ1v) is 9.50. The monoisotopic (exact) mass is 339 g/mol. The summed E-state index contributed by atoms with van der Waals surface area (Å²) < 4.78 is 22.4. The first-order chi connectivity index (χ1) is 10.9. The van der Waals surface area contributed by atoms with Crippen molar-refractivity contribution in [1.82, 2.24) is 10.6 Å². The van der Waals surface area contributed by atoms with E-state index < -0.39 is 10.0 Å². The van der Waals surface area contributed by atoms with E-state index in [-0.39, 0.29) is 10.8 Å². The van der Waals surface area contributed by atoms with Crippen molar-refractivity contribution >= 4 is 15.9 Å². The normalized spacial score (nSPS) is 20.0. The molecule has 1 aliphatic heterocycles. The number of rotatable bonds is 6. The maximum absolute atomic E-state index is 12.0. The maximum Gasteiger partial charge on any atom is 0.238 e. The molecule has 23 heavy (non-hydrogen) atoms. The molecule has 1 fully saturated rings. The molecule has 2 rings (SSSR count). The summed E-state index contributed by atoms with van der Waals surface area (Å²) >= 11 is 0. The van der Waals surface area contributed by atoms with Crippen molar-refractivity contribution in [1.29, 1.82) is 0 Å². The van der Waals surface area contributed by atoms with Gasteiger partial charge in [-0.1, -0.05) is 19.1 Å². The van der Waals surface area contributed by atoms with Crippen molar-refractivity contribution in [2.45, 2.75) is 37.6 Å². The quantitative estimate of drug-likeness (QED) is 0.719. The summed E-state index contributed by atoms with van der Waals surface area (Å²) in [4.78, 5) is 12.1. The smallest absolute Gasteiger partial charge is 0.238 e. The molecule has 2 atom stereocenters. The Hall–Kier alpha value is -1.44. The molecule has 1 aromatic carbocycles. The van der Waals surface area contributed by atoms with Crippen LogP contribution in [0.15, 0.2) is 29.2 Å². The molecule has 4 N–H and O–H groups in total. The van der Waals surface area contributed by atoms with Gasteiger partial charge < -0.3 is 10.6 Å². The molecule has 128 valence electrons. The number of amides is 1. The number of carbonyl (C=O) groups excluding carboxylic acids is 1. The first kappa shape index (κ1) is 17.9. The zero-order chi connectivity index (χ0) is 16.9. The number of primary sulfonamides is 1. The maximum atomic E-state index is 12.0. The Labute approximate surface area is 137 Å². The van der Waals surface area contributed by atoms with Crippen LogP contribution >= 0.6 is 0 Å². The summed E-state index contributed by atoms with van der Waals surface area (Å²) in [5.74, 6) is 0.940.